The number of esters is 1. The van der Waals surface area contributed by atoms with Crippen molar-refractivity contribution in [2.75, 3.05) is 0 Å². The van der Waals surface area contributed by atoms with Crippen LogP contribution < -0.4 is 0 Å². The first kappa shape index (κ1) is 7.14. The molecule has 0 aromatic rings. The highest BCUT2D eigenvalue weighted by Gasteiger charge is 2.48. The predicted molar refractivity (Wildman–Crippen MR) is 41.0 cm³/mol. The zero-order valence-electron chi connectivity index (χ0n) is 6.88. The Morgan fingerprint density at radius 3 is 2.73 bits per heavy atom. The van der Waals surface area contributed by atoms with E-state index in [2.05, 4.69) is 0 Å². The molecule has 0 spiro atoms. The largest absolute Gasteiger partial charge is 0.462 e. The molecule has 3 atom stereocenters. The third-order valence-corrected chi connectivity index (χ3v) is 3.06. The van der Waals surface area contributed by atoms with E-state index in [1.54, 1.807) is 0 Å². The van der Waals surface area contributed by atoms with Crippen LogP contribution in [0.5, 0.6) is 0 Å². The summed E-state index contributed by atoms with van der Waals surface area (Å²) in [5.41, 5.74) is 0. The van der Waals surface area contributed by atoms with E-state index in [4.69, 9.17) is 4.74 Å². The lowest BCUT2D eigenvalue weighted by Gasteiger charge is -2.51. The van der Waals surface area contributed by atoms with Gasteiger partial charge in [-0.05, 0) is 31.1 Å². The summed E-state index contributed by atoms with van der Waals surface area (Å²) < 4.78 is 5.23. The van der Waals surface area contributed by atoms with Crippen LogP contribution in [-0.2, 0) is 9.53 Å². The van der Waals surface area contributed by atoms with Crippen LogP contribution in [0, 0.1) is 11.8 Å². The molecule has 0 bridgehead atoms. The maximum Gasteiger partial charge on any atom is 0.305 e. The molecule has 0 radical (unpaired) electrons. The summed E-state index contributed by atoms with van der Waals surface area (Å²) in [6.07, 6.45) is 4.60. The summed E-state index contributed by atoms with van der Waals surface area (Å²) in [6.45, 7) is 1.85. The fourth-order valence-electron chi connectivity index (χ4n) is 2.04. The van der Waals surface area contributed by atoms with Crippen molar-refractivity contribution in [3.8, 4) is 0 Å². The predicted octanol–water partition coefficient (Wildman–Crippen LogP) is 1.74. The van der Waals surface area contributed by atoms with Crippen molar-refractivity contribution in [1.29, 1.82) is 0 Å². The van der Waals surface area contributed by atoms with Crippen LogP contribution >= 0.6 is 0 Å². The van der Waals surface area contributed by atoms with E-state index >= 15 is 0 Å². The number of hydrogen-bond donors (Lipinski definition) is 0. The summed E-state index contributed by atoms with van der Waals surface area (Å²) in [6, 6.07) is 0. The topological polar surface area (TPSA) is 26.3 Å². The standard InChI is InChI=1S/C9H14O2/c1-2-9(10)11-8-5-6-3-4-7(6)8/h6-8H,2-5H2,1H3. The molecule has 0 N–H and O–H groups in total. The fraction of sp³-hybridized carbons (Fsp3) is 0.889. The van der Waals surface area contributed by atoms with Crippen LogP contribution in [-0.4, -0.2) is 12.1 Å². The fourth-order valence-corrected chi connectivity index (χ4v) is 2.04. The van der Waals surface area contributed by atoms with Crippen molar-refractivity contribution >= 4 is 5.97 Å². The first-order valence-corrected chi connectivity index (χ1v) is 4.50. The van der Waals surface area contributed by atoms with Gasteiger partial charge in [0.1, 0.15) is 6.10 Å². The van der Waals surface area contributed by atoms with Gasteiger partial charge in [-0.25, -0.2) is 0 Å². The van der Waals surface area contributed by atoms with E-state index in [9.17, 15) is 4.79 Å². The first-order valence-electron chi connectivity index (χ1n) is 4.50. The molecule has 62 valence electrons. The number of hydrogen-bond acceptors (Lipinski definition) is 2. The molecule has 2 heteroatoms. The highest BCUT2D eigenvalue weighted by atomic mass is 16.5. The molecule has 0 aliphatic heterocycles. The Morgan fingerprint density at radius 1 is 1.55 bits per heavy atom. The average Bonchev–Trinajstić information content (AvgIpc) is 1.98. The molecule has 2 fully saturated rings. The highest BCUT2D eigenvalue weighted by molar-refractivity contribution is 5.69. The lowest BCUT2D eigenvalue weighted by Crippen LogP contribution is -2.50. The lowest BCUT2D eigenvalue weighted by atomic mass is 9.58. The molecule has 11 heavy (non-hydrogen) atoms. The number of rotatable bonds is 2. The summed E-state index contributed by atoms with van der Waals surface area (Å²) in [5.74, 6) is 1.62. The quantitative estimate of drug-likeness (QED) is 0.566. The lowest BCUT2D eigenvalue weighted by molar-refractivity contribution is -0.174. The molecule has 0 amide bonds. The van der Waals surface area contributed by atoms with Crippen LogP contribution in [0.4, 0.5) is 0 Å². The molecular weight excluding hydrogens is 140 g/mol. The number of fused-ring (bicyclic) bond motifs is 1. The summed E-state index contributed by atoms with van der Waals surface area (Å²) in [4.78, 5) is 10.9. The van der Waals surface area contributed by atoms with Crippen molar-refractivity contribution in [1.82, 2.24) is 0 Å². The third-order valence-electron chi connectivity index (χ3n) is 3.06. The summed E-state index contributed by atoms with van der Waals surface area (Å²) >= 11 is 0. The highest BCUT2D eigenvalue weighted by Crippen LogP contribution is 2.51. The van der Waals surface area contributed by atoms with Crippen molar-refractivity contribution in [2.24, 2.45) is 11.8 Å². The second-order valence-electron chi connectivity index (χ2n) is 3.62. The second kappa shape index (κ2) is 2.50. The average molecular weight is 154 g/mol. The molecule has 2 rings (SSSR count). The van der Waals surface area contributed by atoms with Gasteiger partial charge in [0, 0.05) is 6.42 Å². The van der Waals surface area contributed by atoms with E-state index in [1.165, 1.54) is 12.8 Å². The normalized spacial score (nSPS) is 39.9. The minimum atomic E-state index is -0.0275. The number of carbonyl (C=O) groups excluding carboxylic acids is 1. The van der Waals surface area contributed by atoms with Crippen molar-refractivity contribution in [3.05, 3.63) is 0 Å². The van der Waals surface area contributed by atoms with E-state index in [0.29, 0.717) is 12.5 Å². The third kappa shape index (κ3) is 1.05. The molecule has 2 aliphatic rings. The van der Waals surface area contributed by atoms with E-state index in [0.717, 1.165) is 18.3 Å². The molecular formula is C9H14O2. The molecule has 0 aromatic carbocycles. The minimum Gasteiger partial charge on any atom is -0.462 e. The summed E-state index contributed by atoms with van der Waals surface area (Å²) in [5, 5.41) is 0. The Balaban J connectivity index is 1.76. The molecule has 0 heterocycles. The minimum absolute atomic E-state index is 0.0275. The Hall–Kier alpha value is -0.530. The van der Waals surface area contributed by atoms with Crippen LogP contribution in [0.2, 0.25) is 0 Å². The monoisotopic (exact) mass is 154 g/mol. The van der Waals surface area contributed by atoms with Gasteiger partial charge in [0.25, 0.3) is 0 Å². The van der Waals surface area contributed by atoms with Crippen LogP contribution in [0.15, 0.2) is 0 Å². The zero-order valence-corrected chi connectivity index (χ0v) is 6.88. The van der Waals surface area contributed by atoms with Gasteiger partial charge in [-0.15, -0.1) is 0 Å². The number of ether oxygens (including phenoxy) is 1. The van der Waals surface area contributed by atoms with Crippen LogP contribution in [0.1, 0.15) is 32.6 Å². The Morgan fingerprint density at radius 2 is 2.36 bits per heavy atom. The molecule has 0 saturated heterocycles. The van der Waals surface area contributed by atoms with E-state index in [-0.39, 0.29) is 5.97 Å². The van der Waals surface area contributed by atoms with E-state index in [1.807, 2.05) is 6.92 Å². The molecule has 2 aliphatic carbocycles. The number of carbonyl (C=O) groups is 1. The van der Waals surface area contributed by atoms with Gasteiger partial charge in [-0.1, -0.05) is 6.92 Å². The Kier molecular flexibility index (Phi) is 1.63. The SMILES string of the molecule is CCC(=O)OC1CC2CCC21. The zero-order chi connectivity index (χ0) is 7.84. The van der Waals surface area contributed by atoms with Gasteiger partial charge in [-0.3, -0.25) is 4.79 Å². The van der Waals surface area contributed by atoms with Crippen LogP contribution in [0.3, 0.4) is 0 Å². The molecule has 3 unspecified atom stereocenters. The van der Waals surface area contributed by atoms with Crippen molar-refractivity contribution < 1.29 is 9.53 Å². The smallest absolute Gasteiger partial charge is 0.305 e. The van der Waals surface area contributed by atoms with Crippen molar-refractivity contribution in [3.63, 3.8) is 0 Å². The van der Waals surface area contributed by atoms with Crippen LogP contribution in [0.25, 0.3) is 0 Å². The van der Waals surface area contributed by atoms with Gasteiger partial charge in [0.2, 0.25) is 0 Å². The molecule has 2 nitrogen and oxygen atoms in total. The Bertz CT molecular complexity index is 176. The van der Waals surface area contributed by atoms with Gasteiger partial charge >= 0.3 is 5.97 Å². The first-order chi connectivity index (χ1) is 5.31. The maximum absolute atomic E-state index is 10.9. The summed E-state index contributed by atoms with van der Waals surface area (Å²) in [7, 11) is 0. The molecule has 0 aromatic heterocycles. The van der Waals surface area contributed by atoms with E-state index < -0.39 is 0 Å². The van der Waals surface area contributed by atoms with Gasteiger partial charge in [0.05, 0.1) is 0 Å². The van der Waals surface area contributed by atoms with Crippen molar-refractivity contribution in [2.45, 2.75) is 38.7 Å². The van der Waals surface area contributed by atoms with Gasteiger partial charge in [-0.2, -0.15) is 0 Å². The second-order valence-corrected chi connectivity index (χ2v) is 3.62. The molecule has 2 saturated carbocycles. The Labute approximate surface area is 66.9 Å². The van der Waals surface area contributed by atoms with Gasteiger partial charge in [0.15, 0.2) is 0 Å². The van der Waals surface area contributed by atoms with Gasteiger partial charge < -0.3 is 4.74 Å². The maximum atomic E-state index is 10.9.